The average molecular weight is 439 g/mol. The Balaban J connectivity index is 1.38. The van der Waals surface area contributed by atoms with Crippen molar-refractivity contribution >= 4 is 23.5 Å². The predicted octanol–water partition coefficient (Wildman–Crippen LogP) is 5.71. The third-order valence-electron chi connectivity index (χ3n) is 5.05. The van der Waals surface area contributed by atoms with Crippen LogP contribution in [0.1, 0.15) is 27.0 Å². The van der Waals surface area contributed by atoms with Gasteiger partial charge in [0.05, 0.1) is 10.6 Å². The number of ether oxygens (including phenoxy) is 4. The molecule has 0 unspecified atom stereocenters. The zero-order valence-corrected chi connectivity index (χ0v) is 17.2. The number of carbonyl (C=O) groups is 1. The fourth-order valence-corrected chi connectivity index (χ4v) is 3.74. The Morgan fingerprint density at radius 2 is 1.90 bits per heavy atom. The van der Waals surface area contributed by atoms with Crippen molar-refractivity contribution in [3.63, 3.8) is 0 Å². The highest BCUT2D eigenvalue weighted by Gasteiger charge is 2.30. The lowest BCUT2D eigenvalue weighted by molar-refractivity contribution is 0.101. The summed E-state index contributed by atoms with van der Waals surface area (Å²) in [4.78, 5) is 12.9. The molecule has 0 aromatic heterocycles. The third-order valence-corrected chi connectivity index (χ3v) is 5.40. The fourth-order valence-electron chi connectivity index (χ4n) is 3.51. The van der Waals surface area contributed by atoms with E-state index in [0.717, 1.165) is 11.1 Å². The topological polar surface area (TPSA) is 54.0 Å². The molecule has 0 fully saturated rings. The molecule has 0 N–H and O–H groups in total. The van der Waals surface area contributed by atoms with Gasteiger partial charge in [0.25, 0.3) is 0 Å². The first-order valence-electron chi connectivity index (χ1n) is 9.53. The standard InChI is InChI=1S/C24H16ClFO5/c1-13-6-17(28-11-15-3-4-16(26)9-18(15)25)10-21-23(13)24(27)22(31-21)8-14-2-5-19-20(7-14)30-12-29-19/h2-10H,11-12H2,1H3/b22-8-. The molecule has 0 aliphatic carbocycles. The zero-order chi connectivity index (χ0) is 21.5. The van der Waals surface area contributed by atoms with Crippen molar-refractivity contribution in [3.8, 4) is 23.0 Å². The number of fused-ring (bicyclic) bond motifs is 2. The van der Waals surface area contributed by atoms with Gasteiger partial charge in [0.1, 0.15) is 23.9 Å². The van der Waals surface area contributed by atoms with Crippen LogP contribution in [0.2, 0.25) is 5.02 Å². The number of ketones is 1. The molecule has 0 radical (unpaired) electrons. The van der Waals surface area contributed by atoms with E-state index in [2.05, 4.69) is 0 Å². The predicted molar refractivity (Wildman–Crippen MR) is 112 cm³/mol. The number of hydrogen-bond donors (Lipinski definition) is 0. The van der Waals surface area contributed by atoms with E-state index in [9.17, 15) is 9.18 Å². The molecule has 0 spiro atoms. The Bertz CT molecular complexity index is 1250. The molecule has 0 saturated heterocycles. The summed E-state index contributed by atoms with van der Waals surface area (Å²) in [5, 5.41) is 0.290. The molecule has 3 aromatic rings. The van der Waals surface area contributed by atoms with Crippen molar-refractivity contribution in [1.29, 1.82) is 0 Å². The monoisotopic (exact) mass is 438 g/mol. The SMILES string of the molecule is Cc1cc(OCc2ccc(F)cc2Cl)cc2c1C(=O)/C(=C/c1ccc3c(c1)OCO3)O2. The maximum atomic E-state index is 13.2. The van der Waals surface area contributed by atoms with E-state index >= 15 is 0 Å². The van der Waals surface area contributed by atoms with Crippen LogP contribution < -0.4 is 18.9 Å². The number of Topliss-reactive ketones (excluding diaryl/α,β-unsaturated/α-hetero) is 1. The van der Waals surface area contributed by atoms with Gasteiger partial charge in [-0.25, -0.2) is 4.39 Å². The molecule has 0 atom stereocenters. The van der Waals surface area contributed by atoms with E-state index in [0.29, 0.717) is 39.1 Å². The summed E-state index contributed by atoms with van der Waals surface area (Å²) in [5.41, 5.74) is 2.65. The lowest BCUT2D eigenvalue weighted by atomic mass is 10.0. The molecule has 156 valence electrons. The number of allylic oxidation sites excluding steroid dienone is 1. The number of hydrogen-bond acceptors (Lipinski definition) is 5. The summed E-state index contributed by atoms with van der Waals surface area (Å²) >= 11 is 6.06. The van der Waals surface area contributed by atoms with Crippen molar-refractivity contribution in [1.82, 2.24) is 0 Å². The first-order valence-corrected chi connectivity index (χ1v) is 9.91. The van der Waals surface area contributed by atoms with Gasteiger partial charge in [-0.2, -0.15) is 0 Å². The molecule has 5 rings (SSSR count). The summed E-state index contributed by atoms with van der Waals surface area (Å²) in [7, 11) is 0. The van der Waals surface area contributed by atoms with Crippen LogP contribution in [0.25, 0.3) is 6.08 Å². The van der Waals surface area contributed by atoms with Gasteiger partial charge in [-0.3, -0.25) is 4.79 Å². The van der Waals surface area contributed by atoms with E-state index in [4.69, 9.17) is 30.5 Å². The maximum Gasteiger partial charge on any atom is 0.232 e. The summed E-state index contributed by atoms with van der Waals surface area (Å²) in [5.74, 6) is 1.86. The largest absolute Gasteiger partial charge is 0.489 e. The van der Waals surface area contributed by atoms with Gasteiger partial charge in [0.15, 0.2) is 17.3 Å². The second-order valence-electron chi connectivity index (χ2n) is 7.19. The molecular weight excluding hydrogens is 423 g/mol. The fraction of sp³-hybridized carbons (Fsp3) is 0.125. The molecule has 3 aromatic carbocycles. The Labute approximate surface area is 182 Å². The molecule has 0 saturated carbocycles. The van der Waals surface area contributed by atoms with E-state index in [-0.39, 0.29) is 24.9 Å². The maximum absolute atomic E-state index is 13.2. The molecule has 7 heteroatoms. The van der Waals surface area contributed by atoms with E-state index in [1.165, 1.54) is 12.1 Å². The van der Waals surface area contributed by atoms with Gasteiger partial charge in [0.2, 0.25) is 12.6 Å². The normalized spacial score (nSPS) is 15.2. The number of halogens is 2. The van der Waals surface area contributed by atoms with Gasteiger partial charge in [-0.1, -0.05) is 23.7 Å². The molecular formula is C24H16ClFO5. The minimum atomic E-state index is -0.407. The van der Waals surface area contributed by atoms with Gasteiger partial charge in [0, 0.05) is 11.6 Å². The lowest BCUT2D eigenvalue weighted by Crippen LogP contribution is -2.00. The summed E-state index contributed by atoms with van der Waals surface area (Å²) in [6.45, 7) is 2.16. The quantitative estimate of drug-likeness (QED) is 0.488. The minimum Gasteiger partial charge on any atom is -0.489 e. The molecule has 31 heavy (non-hydrogen) atoms. The van der Waals surface area contributed by atoms with Crippen LogP contribution in [-0.2, 0) is 6.61 Å². The summed E-state index contributed by atoms with van der Waals surface area (Å²) in [6.07, 6.45) is 1.67. The Morgan fingerprint density at radius 3 is 2.74 bits per heavy atom. The second-order valence-corrected chi connectivity index (χ2v) is 7.60. The number of benzene rings is 3. The zero-order valence-electron chi connectivity index (χ0n) is 16.4. The highest BCUT2D eigenvalue weighted by Crippen LogP contribution is 2.39. The van der Waals surface area contributed by atoms with Crippen molar-refractivity contribution in [2.75, 3.05) is 6.79 Å². The van der Waals surface area contributed by atoms with Crippen molar-refractivity contribution < 1.29 is 28.1 Å². The number of rotatable bonds is 4. The molecule has 2 aliphatic rings. The van der Waals surface area contributed by atoms with Crippen LogP contribution in [0.4, 0.5) is 4.39 Å². The number of aryl methyl sites for hydroxylation is 1. The van der Waals surface area contributed by atoms with Crippen LogP contribution in [0.3, 0.4) is 0 Å². The van der Waals surface area contributed by atoms with E-state index in [1.807, 2.05) is 13.0 Å². The smallest absolute Gasteiger partial charge is 0.232 e. The van der Waals surface area contributed by atoms with Crippen LogP contribution in [0.15, 0.2) is 54.3 Å². The summed E-state index contributed by atoms with van der Waals surface area (Å²) in [6, 6.07) is 13.0. The van der Waals surface area contributed by atoms with E-state index in [1.54, 1.807) is 36.4 Å². The first-order chi connectivity index (χ1) is 15.0. The first kappa shape index (κ1) is 19.5. The van der Waals surface area contributed by atoms with Crippen molar-refractivity contribution in [3.05, 3.63) is 87.4 Å². The summed E-state index contributed by atoms with van der Waals surface area (Å²) < 4.78 is 35.6. The third kappa shape index (κ3) is 3.70. The van der Waals surface area contributed by atoms with Crippen LogP contribution in [-0.4, -0.2) is 12.6 Å². The Kier molecular flexibility index (Phi) is 4.79. The molecule has 0 bridgehead atoms. The molecule has 0 amide bonds. The lowest BCUT2D eigenvalue weighted by Gasteiger charge is -2.10. The van der Waals surface area contributed by atoms with Crippen molar-refractivity contribution in [2.45, 2.75) is 13.5 Å². The number of carbonyl (C=O) groups excluding carboxylic acids is 1. The van der Waals surface area contributed by atoms with Gasteiger partial charge in [-0.15, -0.1) is 0 Å². The Morgan fingerprint density at radius 1 is 1.06 bits per heavy atom. The van der Waals surface area contributed by atoms with Gasteiger partial charge < -0.3 is 18.9 Å². The molecule has 5 nitrogen and oxygen atoms in total. The highest BCUT2D eigenvalue weighted by atomic mass is 35.5. The molecule has 2 heterocycles. The van der Waals surface area contributed by atoms with Crippen molar-refractivity contribution in [2.24, 2.45) is 0 Å². The highest BCUT2D eigenvalue weighted by molar-refractivity contribution is 6.31. The molecule has 2 aliphatic heterocycles. The second kappa shape index (κ2) is 7.63. The van der Waals surface area contributed by atoms with Crippen LogP contribution in [0.5, 0.6) is 23.0 Å². The van der Waals surface area contributed by atoms with Crippen LogP contribution in [0, 0.1) is 12.7 Å². The average Bonchev–Trinajstić information content (AvgIpc) is 3.32. The minimum absolute atomic E-state index is 0.158. The van der Waals surface area contributed by atoms with Gasteiger partial charge in [-0.05, 0) is 54.5 Å². The Hall–Kier alpha value is -3.51. The van der Waals surface area contributed by atoms with Crippen LogP contribution >= 0.6 is 11.6 Å². The van der Waals surface area contributed by atoms with E-state index < -0.39 is 5.82 Å². The van der Waals surface area contributed by atoms with Gasteiger partial charge >= 0.3 is 0 Å².